The fourth-order valence-corrected chi connectivity index (χ4v) is 1.67. The first kappa shape index (κ1) is 9.33. The lowest BCUT2D eigenvalue weighted by atomic mass is 10.1. The predicted octanol–water partition coefficient (Wildman–Crippen LogP) is 3.19. The van der Waals surface area contributed by atoms with E-state index in [0.29, 0.717) is 0 Å². The molecule has 64 valence electrons. The summed E-state index contributed by atoms with van der Waals surface area (Å²) in [6.07, 6.45) is 2.70. The van der Waals surface area contributed by atoms with Gasteiger partial charge < -0.3 is 4.74 Å². The molecule has 2 heteroatoms. The van der Waals surface area contributed by atoms with Gasteiger partial charge >= 0.3 is 0 Å². The van der Waals surface area contributed by atoms with Crippen LogP contribution in [0.1, 0.15) is 5.56 Å². The van der Waals surface area contributed by atoms with Crippen molar-refractivity contribution in [3.63, 3.8) is 0 Å². The Morgan fingerprint density at radius 3 is 2.92 bits per heavy atom. The summed E-state index contributed by atoms with van der Waals surface area (Å²) in [5.41, 5.74) is 1.15. The first-order chi connectivity index (χ1) is 5.79. The maximum atomic E-state index is 5.23. The lowest BCUT2D eigenvalue weighted by molar-refractivity contribution is 0.408. The maximum Gasteiger partial charge on any atom is 0.136 e. The second-order valence-corrected chi connectivity index (χ2v) is 3.28. The zero-order valence-electron chi connectivity index (χ0n) is 7.01. The van der Waals surface area contributed by atoms with Crippen molar-refractivity contribution in [2.45, 2.75) is 6.42 Å². The molecule has 0 bridgehead atoms. The molecule has 0 amide bonds. The summed E-state index contributed by atoms with van der Waals surface area (Å²) in [7, 11) is 1.67. The highest BCUT2D eigenvalue weighted by atomic mass is 79.9. The van der Waals surface area contributed by atoms with Gasteiger partial charge in [-0.3, -0.25) is 0 Å². The number of allylic oxidation sites excluding steroid dienone is 1. The molecule has 0 spiro atoms. The Hall–Kier alpha value is -0.760. The van der Waals surface area contributed by atoms with Crippen molar-refractivity contribution in [1.29, 1.82) is 0 Å². The fourth-order valence-electron chi connectivity index (χ4n) is 1.10. The molecule has 0 radical (unpaired) electrons. The highest BCUT2D eigenvalue weighted by Crippen LogP contribution is 2.28. The number of hydrogen-bond acceptors (Lipinski definition) is 1. The van der Waals surface area contributed by atoms with E-state index in [-0.39, 0.29) is 0 Å². The van der Waals surface area contributed by atoms with Gasteiger partial charge in [0.15, 0.2) is 0 Å². The van der Waals surface area contributed by atoms with E-state index >= 15 is 0 Å². The molecule has 0 N–H and O–H groups in total. The second kappa shape index (κ2) is 4.31. The zero-order chi connectivity index (χ0) is 8.97. The average Bonchev–Trinajstić information content (AvgIpc) is 2.05. The van der Waals surface area contributed by atoms with Crippen LogP contribution in [0.5, 0.6) is 5.75 Å². The van der Waals surface area contributed by atoms with E-state index in [2.05, 4.69) is 22.5 Å². The monoisotopic (exact) mass is 226 g/mol. The van der Waals surface area contributed by atoms with Crippen LogP contribution in [-0.2, 0) is 6.42 Å². The van der Waals surface area contributed by atoms with E-state index in [4.69, 9.17) is 4.74 Å². The van der Waals surface area contributed by atoms with Gasteiger partial charge in [0.1, 0.15) is 5.75 Å². The van der Waals surface area contributed by atoms with Crippen LogP contribution >= 0.6 is 15.9 Å². The van der Waals surface area contributed by atoms with Gasteiger partial charge in [0.2, 0.25) is 0 Å². The predicted molar refractivity (Wildman–Crippen MR) is 54.6 cm³/mol. The molecule has 0 fully saturated rings. The number of halogens is 1. The number of benzene rings is 1. The maximum absolute atomic E-state index is 5.23. The van der Waals surface area contributed by atoms with Crippen LogP contribution in [0.2, 0.25) is 0 Å². The standard InChI is InChI=1S/C10H11BrO/c1-3-5-8-6-4-7-9(11)10(8)12-2/h3-4,6-7H,1,5H2,2H3. The zero-order valence-corrected chi connectivity index (χ0v) is 8.60. The number of para-hydroxylation sites is 1. The Bertz CT molecular complexity index is 281. The number of rotatable bonds is 3. The van der Waals surface area contributed by atoms with E-state index in [1.165, 1.54) is 0 Å². The summed E-state index contributed by atoms with van der Waals surface area (Å²) in [6.45, 7) is 3.69. The van der Waals surface area contributed by atoms with Crippen LogP contribution in [0.3, 0.4) is 0 Å². The summed E-state index contributed by atoms with van der Waals surface area (Å²) in [6, 6.07) is 5.99. The normalized spacial score (nSPS) is 9.50. The van der Waals surface area contributed by atoms with Crippen molar-refractivity contribution in [1.82, 2.24) is 0 Å². The lowest BCUT2D eigenvalue weighted by Crippen LogP contribution is -1.91. The smallest absolute Gasteiger partial charge is 0.136 e. The molecule has 0 heterocycles. The molecule has 0 aliphatic heterocycles. The molecule has 0 unspecified atom stereocenters. The van der Waals surface area contributed by atoms with E-state index in [9.17, 15) is 0 Å². The third-order valence-corrected chi connectivity index (χ3v) is 2.24. The van der Waals surface area contributed by atoms with Crippen molar-refractivity contribution in [2.75, 3.05) is 7.11 Å². The van der Waals surface area contributed by atoms with Crippen molar-refractivity contribution < 1.29 is 4.74 Å². The van der Waals surface area contributed by atoms with Gasteiger partial charge in [-0.1, -0.05) is 18.2 Å². The minimum Gasteiger partial charge on any atom is -0.495 e. The number of methoxy groups -OCH3 is 1. The van der Waals surface area contributed by atoms with Crippen LogP contribution in [0.25, 0.3) is 0 Å². The number of ether oxygens (including phenoxy) is 1. The summed E-state index contributed by atoms with van der Waals surface area (Å²) >= 11 is 3.42. The summed E-state index contributed by atoms with van der Waals surface area (Å²) in [5.74, 6) is 0.900. The molecule has 1 aromatic carbocycles. The molecule has 0 saturated carbocycles. The minimum absolute atomic E-state index is 0.836. The average molecular weight is 227 g/mol. The molecule has 1 rings (SSSR count). The van der Waals surface area contributed by atoms with E-state index in [0.717, 1.165) is 22.2 Å². The molecular weight excluding hydrogens is 216 g/mol. The van der Waals surface area contributed by atoms with Crippen LogP contribution in [0.15, 0.2) is 35.3 Å². The Labute approximate surface area is 81.2 Å². The third kappa shape index (κ3) is 1.89. The molecule has 0 aromatic heterocycles. The molecule has 1 aromatic rings. The van der Waals surface area contributed by atoms with Gasteiger partial charge in [-0.05, 0) is 34.0 Å². The quantitative estimate of drug-likeness (QED) is 0.720. The van der Waals surface area contributed by atoms with Crippen LogP contribution in [-0.4, -0.2) is 7.11 Å². The number of hydrogen-bond donors (Lipinski definition) is 0. The fraction of sp³-hybridized carbons (Fsp3) is 0.200. The lowest BCUT2D eigenvalue weighted by Gasteiger charge is -2.07. The van der Waals surface area contributed by atoms with Crippen molar-refractivity contribution in [2.24, 2.45) is 0 Å². The molecular formula is C10H11BrO. The molecule has 12 heavy (non-hydrogen) atoms. The summed E-state index contributed by atoms with van der Waals surface area (Å²) in [4.78, 5) is 0. The van der Waals surface area contributed by atoms with E-state index in [1.54, 1.807) is 7.11 Å². The Kier molecular flexibility index (Phi) is 3.35. The Morgan fingerprint density at radius 2 is 2.33 bits per heavy atom. The highest BCUT2D eigenvalue weighted by Gasteiger charge is 2.03. The Balaban J connectivity index is 3.08. The second-order valence-electron chi connectivity index (χ2n) is 2.43. The Morgan fingerprint density at radius 1 is 1.58 bits per heavy atom. The highest BCUT2D eigenvalue weighted by molar-refractivity contribution is 9.10. The van der Waals surface area contributed by atoms with Crippen molar-refractivity contribution in [3.05, 3.63) is 40.9 Å². The topological polar surface area (TPSA) is 9.23 Å². The molecule has 0 saturated heterocycles. The summed E-state index contributed by atoms with van der Waals surface area (Å²) in [5, 5.41) is 0. The largest absolute Gasteiger partial charge is 0.495 e. The van der Waals surface area contributed by atoms with Gasteiger partial charge in [0.25, 0.3) is 0 Å². The van der Waals surface area contributed by atoms with Gasteiger partial charge in [-0.25, -0.2) is 0 Å². The van der Waals surface area contributed by atoms with Crippen molar-refractivity contribution >= 4 is 15.9 Å². The summed E-state index contributed by atoms with van der Waals surface area (Å²) < 4.78 is 6.22. The van der Waals surface area contributed by atoms with Gasteiger partial charge in [0.05, 0.1) is 11.6 Å². The first-order valence-electron chi connectivity index (χ1n) is 3.72. The van der Waals surface area contributed by atoms with Crippen LogP contribution < -0.4 is 4.74 Å². The van der Waals surface area contributed by atoms with E-state index in [1.807, 2.05) is 24.3 Å². The molecule has 0 aliphatic rings. The van der Waals surface area contributed by atoms with Crippen molar-refractivity contribution in [3.8, 4) is 5.75 Å². The molecule has 0 aliphatic carbocycles. The van der Waals surface area contributed by atoms with Gasteiger partial charge in [-0.2, -0.15) is 0 Å². The first-order valence-corrected chi connectivity index (χ1v) is 4.51. The van der Waals surface area contributed by atoms with Crippen LogP contribution in [0.4, 0.5) is 0 Å². The van der Waals surface area contributed by atoms with E-state index < -0.39 is 0 Å². The minimum atomic E-state index is 0.836. The van der Waals surface area contributed by atoms with Gasteiger partial charge in [-0.15, -0.1) is 6.58 Å². The molecule has 1 nitrogen and oxygen atoms in total. The molecule has 0 atom stereocenters. The van der Waals surface area contributed by atoms with Crippen LogP contribution in [0, 0.1) is 0 Å². The third-order valence-electron chi connectivity index (χ3n) is 1.62. The SMILES string of the molecule is C=CCc1cccc(Br)c1OC. The van der Waals surface area contributed by atoms with Gasteiger partial charge in [0, 0.05) is 0 Å².